The summed E-state index contributed by atoms with van der Waals surface area (Å²) in [5.74, 6) is -0.394. The Labute approximate surface area is 184 Å². The zero-order valence-corrected chi connectivity index (χ0v) is 18.0. The lowest BCUT2D eigenvalue weighted by molar-refractivity contribution is -0.114. The van der Waals surface area contributed by atoms with Gasteiger partial charge in [-0.1, -0.05) is 66.7 Å². The number of amides is 2. The lowest BCUT2D eigenvalue weighted by Gasteiger charge is -2.12. The van der Waals surface area contributed by atoms with E-state index in [2.05, 4.69) is 10.6 Å². The SMILES string of the molecule is CC(=O)Nc1cccc(NC(=O)c2sc(-c3ccccc3)nc2-c2ccccc2)c1C. The van der Waals surface area contributed by atoms with Crippen molar-refractivity contribution in [3.63, 3.8) is 0 Å². The van der Waals surface area contributed by atoms with E-state index < -0.39 is 0 Å². The molecule has 1 heterocycles. The number of rotatable bonds is 5. The van der Waals surface area contributed by atoms with Crippen molar-refractivity contribution in [2.75, 3.05) is 10.6 Å². The standard InChI is InChI=1S/C25H21N3O2S/c1-16-20(26-17(2)29)14-9-15-21(16)27-24(30)23-22(18-10-5-3-6-11-18)28-25(31-23)19-12-7-4-8-13-19/h3-15H,1-2H3,(H,26,29)(H,27,30). The number of hydrogen-bond acceptors (Lipinski definition) is 4. The molecule has 6 heteroatoms. The second-order valence-electron chi connectivity index (χ2n) is 7.04. The van der Waals surface area contributed by atoms with E-state index in [0.29, 0.717) is 21.9 Å². The fourth-order valence-corrected chi connectivity index (χ4v) is 4.23. The van der Waals surface area contributed by atoms with Crippen molar-refractivity contribution in [1.29, 1.82) is 0 Å². The molecule has 0 fully saturated rings. The van der Waals surface area contributed by atoms with Gasteiger partial charge >= 0.3 is 0 Å². The van der Waals surface area contributed by atoms with E-state index in [4.69, 9.17) is 4.98 Å². The first-order valence-electron chi connectivity index (χ1n) is 9.83. The molecule has 0 bridgehead atoms. The van der Waals surface area contributed by atoms with Gasteiger partial charge < -0.3 is 10.6 Å². The Morgan fingerprint density at radius 2 is 1.35 bits per heavy atom. The van der Waals surface area contributed by atoms with Gasteiger partial charge in [0.15, 0.2) is 0 Å². The smallest absolute Gasteiger partial charge is 0.268 e. The number of carbonyl (C=O) groups is 2. The number of carbonyl (C=O) groups excluding carboxylic acids is 2. The van der Waals surface area contributed by atoms with Crippen LogP contribution in [0.1, 0.15) is 22.2 Å². The predicted molar refractivity (Wildman–Crippen MR) is 126 cm³/mol. The van der Waals surface area contributed by atoms with Crippen LogP contribution >= 0.6 is 11.3 Å². The highest BCUT2D eigenvalue weighted by Crippen LogP contribution is 2.35. The van der Waals surface area contributed by atoms with Crippen LogP contribution in [0.4, 0.5) is 11.4 Å². The first-order chi connectivity index (χ1) is 15.0. The molecule has 2 N–H and O–H groups in total. The quantitative estimate of drug-likeness (QED) is 0.411. The van der Waals surface area contributed by atoms with Gasteiger partial charge in [0.2, 0.25) is 5.91 Å². The topological polar surface area (TPSA) is 71.1 Å². The average Bonchev–Trinajstić information content (AvgIpc) is 3.23. The molecule has 1 aromatic heterocycles. The Morgan fingerprint density at radius 3 is 1.97 bits per heavy atom. The summed E-state index contributed by atoms with van der Waals surface area (Å²) in [5.41, 5.74) is 4.60. The molecule has 0 aliphatic rings. The second kappa shape index (κ2) is 8.93. The number of nitrogens with zero attached hydrogens (tertiary/aromatic N) is 1. The molecule has 0 atom stereocenters. The van der Waals surface area contributed by atoms with Crippen LogP contribution in [0.25, 0.3) is 21.8 Å². The Balaban J connectivity index is 1.73. The number of benzene rings is 3. The van der Waals surface area contributed by atoms with Gasteiger partial charge in [-0.3, -0.25) is 9.59 Å². The van der Waals surface area contributed by atoms with E-state index >= 15 is 0 Å². The van der Waals surface area contributed by atoms with E-state index in [1.54, 1.807) is 6.07 Å². The molecule has 0 aliphatic carbocycles. The zero-order chi connectivity index (χ0) is 21.8. The van der Waals surface area contributed by atoms with E-state index in [1.165, 1.54) is 18.3 Å². The molecule has 3 aromatic carbocycles. The summed E-state index contributed by atoms with van der Waals surface area (Å²) < 4.78 is 0. The number of hydrogen-bond donors (Lipinski definition) is 2. The maximum Gasteiger partial charge on any atom is 0.268 e. The summed E-state index contributed by atoms with van der Waals surface area (Å²) in [6.07, 6.45) is 0. The summed E-state index contributed by atoms with van der Waals surface area (Å²) in [7, 11) is 0. The lowest BCUT2D eigenvalue weighted by Crippen LogP contribution is -2.14. The van der Waals surface area contributed by atoms with Crippen LogP contribution in [0.2, 0.25) is 0 Å². The minimum Gasteiger partial charge on any atom is -0.326 e. The monoisotopic (exact) mass is 427 g/mol. The van der Waals surface area contributed by atoms with Crippen LogP contribution in [0.15, 0.2) is 78.9 Å². The Morgan fingerprint density at radius 1 is 0.774 bits per heavy atom. The average molecular weight is 428 g/mol. The van der Waals surface area contributed by atoms with Crippen molar-refractivity contribution in [3.8, 4) is 21.8 Å². The molecule has 0 spiro atoms. The van der Waals surface area contributed by atoms with Crippen molar-refractivity contribution >= 4 is 34.5 Å². The maximum absolute atomic E-state index is 13.3. The van der Waals surface area contributed by atoms with E-state index in [9.17, 15) is 9.59 Å². The number of nitrogens with one attached hydrogen (secondary N) is 2. The Bertz CT molecular complexity index is 1230. The third-order valence-electron chi connectivity index (χ3n) is 4.79. The van der Waals surface area contributed by atoms with Crippen molar-refractivity contribution in [1.82, 2.24) is 4.98 Å². The first kappa shape index (κ1) is 20.5. The fourth-order valence-electron chi connectivity index (χ4n) is 3.25. The number of anilines is 2. The molecule has 0 saturated heterocycles. The van der Waals surface area contributed by atoms with Crippen LogP contribution in [-0.2, 0) is 4.79 Å². The molecule has 2 amide bonds. The van der Waals surface area contributed by atoms with E-state index in [1.807, 2.05) is 79.7 Å². The number of thiazole rings is 1. The first-order valence-corrected chi connectivity index (χ1v) is 10.6. The minimum atomic E-state index is -0.235. The molecule has 0 saturated carbocycles. The summed E-state index contributed by atoms with van der Waals surface area (Å²) >= 11 is 1.36. The van der Waals surface area contributed by atoms with Gasteiger partial charge in [0.25, 0.3) is 5.91 Å². The largest absolute Gasteiger partial charge is 0.326 e. The van der Waals surface area contributed by atoms with Crippen molar-refractivity contribution in [3.05, 3.63) is 89.3 Å². The van der Waals surface area contributed by atoms with Gasteiger partial charge in [0, 0.05) is 29.4 Å². The van der Waals surface area contributed by atoms with E-state index in [0.717, 1.165) is 21.7 Å². The normalized spacial score (nSPS) is 10.5. The number of aromatic nitrogens is 1. The lowest BCUT2D eigenvalue weighted by atomic mass is 10.1. The van der Waals surface area contributed by atoms with E-state index in [-0.39, 0.29) is 11.8 Å². The molecule has 4 aromatic rings. The molecule has 154 valence electrons. The molecule has 0 radical (unpaired) electrons. The van der Waals surface area contributed by atoms with Crippen LogP contribution in [0.5, 0.6) is 0 Å². The van der Waals surface area contributed by atoms with Crippen molar-refractivity contribution in [2.24, 2.45) is 0 Å². The van der Waals surface area contributed by atoms with Gasteiger partial charge in [-0.2, -0.15) is 0 Å². The van der Waals surface area contributed by atoms with Gasteiger partial charge in [0.1, 0.15) is 9.88 Å². The van der Waals surface area contributed by atoms with Crippen LogP contribution < -0.4 is 10.6 Å². The Hall–Kier alpha value is -3.77. The highest BCUT2D eigenvalue weighted by molar-refractivity contribution is 7.17. The van der Waals surface area contributed by atoms with Crippen molar-refractivity contribution in [2.45, 2.75) is 13.8 Å². The maximum atomic E-state index is 13.3. The van der Waals surface area contributed by atoms with Gasteiger partial charge in [-0.25, -0.2) is 4.98 Å². The molecule has 31 heavy (non-hydrogen) atoms. The highest BCUT2D eigenvalue weighted by atomic mass is 32.1. The molecule has 0 aliphatic heterocycles. The van der Waals surface area contributed by atoms with Gasteiger partial charge in [-0.15, -0.1) is 11.3 Å². The molecule has 0 unspecified atom stereocenters. The minimum absolute atomic E-state index is 0.159. The van der Waals surface area contributed by atoms with Gasteiger partial charge in [-0.05, 0) is 24.6 Å². The van der Waals surface area contributed by atoms with Crippen molar-refractivity contribution < 1.29 is 9.59 Å². The summed E-state index contributed by atoms with van der Waals surface area (Å²) in [5, 5.41) is 6.57. The second-order valence-corrected chi connectivity index (χ2v) is 8.04. The Kier molecular flexibility index (Phi) is 5.91. The summed E-state index contributed by atoms with van der Waals surface area (Å²) in [4.78, 5) is 30.1. The van der Waals surface area contributed by atoms with Gasteiger partial charge in [0.05, 0.1) is 5.69 Å². The molecule has 5 nitrogen and oxygen atoms in total. The molecule has 4 rings (SSSR count). The van der Waals surface area contributed by atoms with Crippen LogP contribution in [0, 0.1) is 6.92 Å². The predicted octanol–water partition coefficient (Wildman–Crippen LogP) is 6.00. The summed E-state index contributed by atoms with van der Waals surface area (Å²) in [6, 6.07) is 24.9. The highest BCUT2D eigenvalue weighted by Gasteiger charge is 2.21. The third kappa shape index (κ3) is 4.54. The zero-order valence-electron chi connectivity index (χ0n) is 17.2. The molecular formula is C25H21N3O2S. The summed E-state index contributed by atoms with van der Waals surface area (Å²) in [6.45, 7) is 3.32. The van der Waals surface area contributed by atoms with Crippen LogP contribution in [-0.4, -0.2) is 16.8 Å². The fraction of sp³-hybridized carbons (Fsp3) is 0.0800. The third-order valence-corrected chi connectivity index (χ3v) is 5.90. The van der Waals surface area contributed by atoms with Crippen LogP contribution in [0.3, 0.4) is 0 Å². The molecular weight excluding hydrogens is 406 g/mol.